The first kappa shape index (κ1) is 14.4. The number of thioether (sulfide) groups is 1. The van der Waals surface area contributed by atoms with Crippen LogP contribution >= 0.6 is 39.0 Å². The van der Waals surface area contributed by atoms with E-state index in [9.17, 15) is 5.11 Å². The third-order valence-corrected chi connectivity index (χ3v) is 6.95. The van der Waals surface area contributed by atoms with Gasteiger partial charge in [0.2, 0.25) is 0 Å². The van der Waals surface area contributed by atoms with Crippen molar-refractivity contribution in [3.63, 3.8) is 0 Å². The summed E-state index contributed by atoms with van der Waals surface area (Å²) in [6, 6.07) is 4.06. The molecule has 2 atom stereocenters. The quantitative estimate of drug-likeness (QED) is 0.853. The van der Waals surface area contributed by atoms with Gasteiger partial charge in [0.25, 0.3) is 0 Å². The highest BCUT2D eigenvalue weighted by Gasteiger charge is 2.41. The number of thiophene rings is 1. The van der Waals surface area contributed by atoms with Crippen LogP contribution in [0.15, 0.2) is 15.9 Å². The third-order valence-electron chi connectivity index (χ3n) is 4.27. The Kier molecular flexibility index (Phi) is 4.59. The molecule has 2 fully saturated rings. The molecule has 1 N–H and O–H groups in total. The average molecular weight is 363 g/mol. The van der Waals surface area contributed by atoms with Crippen LogP contribution in [0.2, 0.25) is 0 Å². The molecule has 1 aromatic rings. The standard InChI is InChI=1S/C14H19BrO2S2/c15-12-2-1-11(19-12)13(16)10-3-6-17-14(9-10)4-7-18-8-5-14/h1-2,10,13,16H,3-9H2. The summed E-state index contributed by atoms with van der Waals surface area (Å²) in [4.78, 5) is 1.08. The average Bonchev–Trinajstić information content (AvgIpc) is 2.85. The van der Waals surface area contributed by atoms with E-state index in [-0.39, 0.29) is 11.7 Å². The molecule has 0 bridgehead atoms. The van der Waals surface area contributed by atoms with E-state index in [0.29, 0.717) is 5.92 Å². The van der Waals surface area contributed by atoms with Gasteiger partial charge in [-0.3, -0.25) is 0 Å². The molecule has 1 aromatic heterocycles. The zero-order valence-corrected chi connectivity index (χ0v) is 14.0. The van der Waals surface area contributed by atoms with Crippen molar-refractivity contribution in [2.45, 2.75) is 37.4 Å². The van der Waals surface area contributed by atoms with Crippen molar-refractivity contribution in [2.24, 2.45) is 5.92 Å². The maximum Gasteiger partial charge on any atom is 0.0912 e. The van der Waals surface area contributed by atoms with Crippen LogP contribution in [0.25, 0.3) is 0 Å². The van der Waals surface area contributed by atoms with Gasteiger partial charge in [0, 0.05) is 11.5 Å². The van der Waals surface area contributed by atoms with Gasteiger partial charge >= 0.3 is 0 Å². The van der Waals surface area contributed by atoms with Crippen molar-refractivity contribution in [1.82, 2.24) is 0 Å². The van der Waals surface area contributed by atoms with Gasteiger partial charge in [-0.25, -0.2) is 0 Å². The molecule has 106 valence electrons. The molecule has 3 heterocycles. The molecule has 2 saturated heterocycles. The Morgan fingerprint density at radius 2 is 2.16 bits per heavy atom. The van der Waals surface area contributed by atoms with Gasteiger partial charge in [-0.1, -0.05) is 0 Å². The second-order valence-electron chi connectivity index (χ2n) is 5.48. The summed E-state index contributed by atoms with van der Waals surface area (Å²) >= 11 is 7.15. The van der Waals surface area contributed by atoms with Crippen LogP contribution < -0.4 is 0 Å². The molecule has 0 saturated carbocycles. The minimum atomic E-state index is -0.327. The number of ether oxygens (including phenoxy) is 1. The Hall–Kier alpha value is 0.450. The number of aliphatic hydroxyl groups excluding tert-OH is 1. The molecule has 0 radical (unpaired) electrons. The number of aliphatic hydroxyl groups is 1. The Bertz CT molecular complexity index is 423. The molecule has 2 unspecified atom stereocenters. The molecule has 3 rings (SSSR count). The lowest BCUT2D eigenvalue weighted by molar-refractivity contribution is -0.120. The van der Waals surface area contributed by atoms with Gasteiger partial charge in [0.1, 0.15) is 0 Å². The predicted octanol–water partition coefficient (Wildman–Crippen LogP) is 4.24. The molecule has 2 aliphatic heterocycles. The molecule has 5 heteroatoms. The van der Waals surface area contributed by atoms with Gasteiger partial charge in [-0.05, 0) is 71.2 Å². The van der Waals surface area contributed by atoms with Crippen LogP contribution in [0, 0.1) is 5.92 Å². The minimum absolute atomic E-state index is 0.0592. The lowest BCUT2D eigenvalue weighted by Gasteiger charge is -2.44. The van der Waals surface area contributed by atoms with Crippen molar-refractivity contribution in [3.05, 3.63) is 20.8 Å². The predicted molar refractivity (Wildman–Crippen MR) is 84.9 cm³/mol. The normalized spacial score (nSPS) is 28.4. The maximum absolute atomic E-state index is 10.6. The molecular formula is C14H19BrO2S2. The molecule has 2 nitrogen and oxygen atoms in total. The Balaban J connectivity index is 1.70. The van der Waals surface area contributed by atoms with Crippen LogP contribution in [0.4, 0.5) is 0 Å². The highest BCUT2D eigenvalue weighted by atomic mass is 79.9. The largest absolute Gasteiger partial charge is 0.387 e. The van der Waals surface area contributed by atoms with E-state index < -0.39 is 0 Å². The molecule has 0 amide bonds. The summed E-state index contributed by atoms with van der Waals surface area (Å²) in [6.07, 6.45) is 3.96. The first-order chi connectivity index (χ1) is 9.19. The Morgan fingerprint density at radius 3 is 2.84 bits per heavy atom. The van der Waals surface area contributed by atoms with E-state index in [1.54, 1.807) is 11.3 Å². The lowest BCUT2D eigenvalue weighted by Crippen LogP contribution is -2.44. The van der Waals surface area contributed by atoms with E-state index in [1.807, 2.05) is 23.9 Å². The van der Waals surface area contributed by atoms with Crippen LogP contribution in [0.3, 0.4) is 0 Å². The molecule has 2 aliphatic rings. The number of rotatable bonds is 2. The van der Waals surface area contributed by atoms with E-state index in [4.69, 9.17) is 4.74 Å². The van der Waals surface area contributed by atoms with Gasteiger partial charge in [-0.15, -0.1) is 11.3 Å². The van der Waals surface area contributed by atoms with Crippen LogP contribution in [0.1, 0.15) is 36.7 Å². The van der Waals surface area contributed by atoms with Crippen LogP contribution in [0.5, 0.6) is 0 Å². The van der Waals surface area contributed by atoms with Gasteiger partial charge < -0.3 is 9.84 Å². The number of halogens is 1. The fourth-order valence-corrected chi connectivity index (χ4v) is 5.89. The van der Waals surface area contributed by atoms with Crippen LogP contribution in [-0.2, 0) is 4.74 Å². The summed E-state index contributed by atoms with van der Waals surface area (Å²) in [5.41, 5.74) is 0.0592. The van der Waals surface area contributed by atoms with Gasteiger partial charge in [0.05, 0.1) is 15.5 Å². The van der Waals surface area contributed by atoms with Crippen molar-refractivity contribution >= 4 is 39.0 Å². The topological polar surface area (TPSA) is 29.5 Å². The SMILES string of the molecule is OC(c1ccc(Br)s1)C1CCOC2(CCSCC2)C1. The third kappa shape index (κ3) is 3.21. The van der Waals surface area contributed by atoms with Crippen molar-refractivity contribution < 1.29 is 9.84 Å². The second-order valence-corrected chi connectivity index (χ2v) is 9.20. The van der Waals surface area contributed by atoms with Crippen molar-refractivity contribution in [3.8, 4) is 0 Å². The highest BCUT2D eigenvalue weighted by molar-refractivity contribution is 9.11. The fraction of sp³-hybridized carbons (Fsp3) is 0.714. The fourth-order valence-electron chi connectivity index (χ4n) is 3.15. The lowest BCUT2D eigenvalue weighted by atomic mass is 9.79. The van der Waals surface area contributed by atoms with Crippen LogP contribution in [-0.4, -0.2) is 28.8 Å². The summed E-state index contributed by atoms with van der Waals surface area (Å²) < 4.78 is 7.19. The van der Waals surface area contributed by atoms with Gasteiger partial charge in [0.15, 0.2) is 0 Å². The number of hydrogen-bond acceptors (Lipinski definition) is 4. The molecular weight excluding hydrogens is 344 g/mol. The summed E-state index contributed by atoms with van der Waals surface area (Å²) in [6.45, 7) is 0.805. The Labute approximate surface area is 131 Å². The smallest absolute Gasteiger partial charge is 0.0912 e. The first-order valence-electron chi connectivity index (χ1n) is 6.84. The van der Waals surface area contributed by atoms with Gasteiger partial charge in [-0.2, -0.15) is 11.8 Å². The zero-order chi connectivity index (χ0) is 13.3. The maximum atomic E-state index is 10.6. The molecule has 19 heavy (non-hydrogen) atoms. The summed E-state index contributed by atoms with van der Waals surface area (Å²) in [5, 5.41) is 10.6. The van der Waals surface area contributed by atoms with E-state index in [2.05, 4.69) is 15.9 Å². The van der Waals surface area contributed by atoms with E-state index in [1.165, 1.54) is 11.5 Å². The molecule has 0 aromatic carbocycles. The highest BCUT2D eigenvalue weighted by Crippen LogP contribution is 2.44. The van der Waals surface area contributed by atoms with Crippen molar-refractivity contribution in [2.75, 3.05) is 18.1 Å². The monoisotopic (exact) mass is 362 g/mol. The first-order valence-corrected chi connectivity index (χ1v) is 9.60. The summed E-state index contributed by atoms with van der Waals surface area (Å²) in [5.74, 6) is 2.75. The van der Waals surface area contributed by atoms with E-state index >= 15 is 0 Å². The summed E-state index contributed by atoms with van der Waals surface area (Å²) in [7, 11) is 0. The second kappa shape index (κ2) is 6.06. The van der Waals surface area contributed by atoms with Crippen molar-refractivity contribution in [1.29, 1.82) is 0 Å². The Morgan fingerprint density at radius 1 is 1.37 bits per heavy atom. The van der Waals surface area contributed by atoms with E-state index in [0.717, 1.165) is 41.0 Å². The number of hydrogen-bond donors (Lipinski definition) is 1. The minimum Gasteiger partial charge on any atom is -0.387 e. The molecule has 1 spiro atoms. The molecule has 0 aliphatic carbocycles. The zero-order valence-electron chi connectivity index (χ0n) is 10.8.